The molecular formula is C47H29N3O2. The van der Waals surface area contributed by atoms with E-state index >= 15 is 0 Å². The Morgan fingerprint density at radius 3 is 1.90 bits per heavy atom. The van der Waals surface area contributed by atoms with Gasteiger partial charge in [-0.2, -0.15) is 0 Å². The Hall–Kier alpha value is -7.11. The lowest BCUT2D eigenvalue weighted by molar-refractivity contribution is 0.668. The second-order valence-corrected chi connectivity index (χ2v) is 13.2. The normalized spacial score (nSPS) is 11.8. The molecule has 11 rings (SSSR count). The average molecular weight is 668 g/mol. The molecule has 244 valence electrons. The van der Waals surface area contributed by atoms with E-state index in [1.165, 1.54) is 16.3 Å². The van der Waals surface area contributed by atoms with E-state index in [2.05, 4.69) is 160 Å². The summed E-state index contributed by atoms with van der Waals surface area (Å²) in [6.45, 7) is 0. The number of para-hydroxylation sites is 3. The molecule has 0 saturated heterocycles. The molecule has 5 heteroatoms. The SMILES string of the molecule is c1ccc(N(c2ccc(-c3ccc4c(c3)c3ccccc3n4-c3ccc4oc5ccncc5c4c3)cc2)c2ccc3oc4ccccc4c3c2)cc1. The van der Waals surface area contributed by atoms with Gasteiger partial charge in [0.1, 0.15) is 22.3 Å². The molecule has 0 amide bonds. The summed E-state index contributed by atoms with van der Waals surface area (Å²) in [6.07, 6.45) is 3.65. The van der Waals surface area contributed by atoms with Crippen LogP contribution in [-0.4, -0.2) is 9.55 Å². The number of hydrogen-bond acceptors (Lipinski definition) is 4. The molecule has 0 aliphatic rings. The molecule has 0 aliphatic heterocycles. The predicted octanol–water partition coefficient (Wildman–Crippen LogP) is 13.1. The van der Waals surface area contributed by atoms with Gasteiger partial charge in [-0.3, -0.25) is 4.98 Å². The minimum Gasteiger partial charge on any atom is -0.456 e. The van der Waals surface area contributed by atoms with Crippen molar-refractivity contribution in [1.29, 1.82) is 0 Å². The Kier molecular flexibility index (Phi) is 6.18. The summed E-state index contributed by atoms with van der Waals surface area (Å²) in [7, 11) is 0. The zero-order chi connectivity index (χ0) is 34.2. The monoisotopic (exact) mass is 667 g/mol. The van der Waals surface area contributed by atoms with Crippen molar-refractivity contribution in [3.63, 3.8) is 0 Å². The molecule has 0 radical (unpaired) electrons. The van der Waals surface area contributed by atoms with Crippen molar-refractivity contribution in [2.45, 2.75) is 0 Å². The first-order valence-corrected chi connectivity index (χ1v) is 17.4. The number of rotatable bonds is 5. The Morgan fingerprint density at radius 1 is 0.404 bits per heavy atom. The Morgan fingerprint density at radius 2 is 1.04 bits per heavy atom. The highest BCUT2D eigenvalue weighted by Crippen LogP contribution is 2.41. The molecule has 52 heavy (non-hydrogen) atoms. The minimum absolute atomic E-state index is 0.847. The third kappa shape index (κ3) is 4.39. The van der Waals surface area contributed by atoms with Crippen LogP contribution in [0.25, 0.3) is 82.5 Å². The molecule has 0 fully saturated rings. The van der Waals surface area contributed by atoms with Gasteiger partial charge in [0.15, 0.2) is 0 Å². The first-order valence-electron chi connectivity index (χ1n) is 17.4. The Balaban J connectivity index is 1.01. The van der Waals surface area contributed by atoms with Gasteiger partial charge in [-0.15, -0.1) is 0 Å². The van der Waals surface area contributed by atoms with Gasteiger partial charge in [0.05, 0.1) is 11.0 Å². The Labute approximate surface area is 298 Å². The van der Waals surface area contributed by atoms with Crippen LogP contribution in [0.1, 0.15) is 0 Å². The van der Waals surface area contributed by atoms with Crippen molar-refractivity contribution in [2.75, 3.05) is 4.90 Å². The molecule has 0 unspecified atom stereocenters. The van der Waals surface area contributed by atoms with Gasteiger partial charge < -0.3 is 18.3 Å². The quantitative estimate of drug-likeness (QED) is 0.183. The van der Waals surface area contributed by atoms with E-state index in [1.807, 2.05) is 24.4 Å². The first kappa shape index (κ1) is 28.7. The topological polar surface area (TPSA) is 47.3 Å². The second kappa shape index (κ2) is 11.2. The molecule has 4 aromatic heterocycles. The van der Waals surface area contributed by atoms with Crippen molar-refractivity contribution >= 4 is 82.7 Å². The molecule has 0 spiro atoms. The van der Waals surface area contributed by atoms with Crippen molar-refractivity contribution in [3.05, 3.63) is 176 Å². The zero-order valence-electron chi connectivity index (χ0n) is 27.9. The van der Waals surface area contributed by atoms with Crippen LogP contribution < -0.4 is 4.90 Å². The van der Waals surface area contributed by atoms with Crippen LogP contribution in [0.4, 0.5) is 17.1 Å². The maximum Gasteiger partial charge on any atom is 0.138 e. The maximum atomic E-state index is 6.15. The highest BCUT2D eigenvalue weighted by molar-refractivity contribution is 6.12. The van der Waals surface area contributed by atoms with Crippen LogP contribution >= 0.6 is 0 Å². The first-order chi connectivity index (χ1) is 25.8. The van der Waals surface area contributed by atoms with Crippen LogP contribution in [0.2, 0.25) is 0 Å². The third-order valence-electron chi connectivity index (χ3n) is 10.3. The summed E-state index contributed by atoms with van der Waals surface area (Å²) in [6, 6.07) is 57.9. The molecule has 7 aromatic carbocycles. The van der Waals surface area contributed by atoms with E-state index in [9.17, 15) is 0 Å². The molecule has 0 N–H and O–H groups in total. The average Bonchev–Trinajstić information content (AvgIpc) is 3.87. The van der Waals surface area contributed by atoms with Gasteiger partial charge >= 0.3 is 0 Å². The lowest BCUT2D eigenvalue weighted by Gasteiger charge is -2.25. The number of furan rings is 2. The lowest BCUT2D eigenvalue weighted by Crippen LogP contribution is -2.09. The minimum atomic E-state index is 0.847. The number of fused-ring (bicyclic) bond motifs is 9. The molecule has 0 aliphatic carbocycles. The van der Waals surface area contributed by atoms with Gasteiger partial charge in [0.2, 0.25) is 0 Å². The van der Waals surface area contributed by atoms with Crippen LogP contribution in [-0.2, 0) is 0 Å². The molecule has 5 nitrogen and oxygen atoms in total. The number of nitrogens with zero attached hydrogens (tertiary/aromatic N) is 3. The molecule has 11 aromatic rings. The molecule has 0 atom stereocenters. The largest absolute Gasteiger partial charge is 0.456 e. The maximum absolute atomic E-state index is 6.15. The summed E-state index contributed by atoms with van der Waals surface area (Å²) >= 11 is 0. The zero-order valence-corrected chi connectivity index (χ0v) is 27.9. The fourth-order valence-electron chi connectivity index (χ4n) is 7.86. The highest BCUT2D eigenvalue weighted by Gasteiger charge is 2.18. The van der Waals surface area contributed by atoms with E-state index in [4.69, 9.17) is 8.83 Å². The van der Waals surface area contributed by atoms with Crippen molar-refractivity contribution in [1.82, 2.24) is 9.55 Å². The van der Waals surface area contributed by atoms with Crippen molar-refractivity contribution < 1.29 is 8.83 Å². The summed E-state index contributed by atoms with van der Waals surface area (Å²) in [5, 5.41) is 6.73. The standard InChI is InChI=1S/C47H29N3O2/c1-2-8-32(9-3-1)49(34-19-22-45-39(27-34)37-11-5-7-13-44(37)51-45)33-17-14-30(15-18-33)31-16-21-43-38(26-31)36-10-4-6-12-42(36)50(43)35-20-23-46-40(28-35)41-29-48-25-24-47(41)52-46/h1-29H. The van der Waals surface area contributed by atoms with Crippen LogP contribution in [0, 0.1) is 0 Å². The lowest BCUT2D eigenvalue weighted by atomic mass is 10.0. The number of aromatic nitrogens is 2. The van der Waals surface area contributed by atoms with E-state index < -0.39 is 0 Å². The number of pyridine rings is 1. The molecule has 0 saturated carbocycles. The van der Waals surface area contributed by atoms with Crippen LogP contribution in [0.3, 0.4) is 0 Å². The van der Waals surface area contributed by atoms with E-state index in [0.29, 0.717) is 0 Å². The Bertz CT molecular complexity index is 3130. The van der Waals surface area contributed by atoms with E-state index in [0.717, 1.165) is 83.2 Å². The summed E-state index contributed by atoms with van der Waals surface area (Å²) in [5.74, 6) is 0. The molecular weight excluding hydrogens is 639 g/mol. The summed E-state index contributed by atoms with van der Waals surface area (Å²) in [5.41, 5.74) is 12.5. The molecule has 4 heterocycles. The third-order valence-corrected chi connectivity index (χ3v) is 10.3. The second-order valence-electron chi connectivity index (χ2n) is 13.2. The van der Waals surface area contributed by atoms with Gasteiger partial charge in [-0.1, -0.05) is 72.8 Å². The van der Waals surface area contributed by atoms with Gasteiger partial charge in [-0.25, -0.2) is 0 Å². The van der Waals surface area contributed by atoms with Crippen molar-refractivity contribution in [3.8, 4) is 16.8 Å². The predicted molar refractivity (Wildman–Crippen MR) is 213 cm³/mol. The summed E-state index contributed by atoms with van der Waals surface area (Å²) < 4.78 is 14.6. The van der Waals surface area contributed by atoms with Crippen molar-refractivity contribution in [2.24, 2.45) is 0 Å². The van der Waals surface area contributed by atoms with Crippen LogP contribution in [0.5, 0.6) is 0 Å². The van der Waals surface area contributed by atoms with E-state index in [-0.39, 0.29) is 0 Å². The number of benzene rings is 7. The van der Waals surface area contributed by atoms with E-state index in [1.54, 1.807) is 6.20 Å². The van der Waals surface area contributed by atoms with Crippen LogP contribution in [0.15, 0.2) is 185 Å². The number of hydrogen-bond donors (Lipinski definition) is 0. The van der Waals surface area contributed by atoms with Gasteiger partial charge in [0, 0.05) is 67.5 Å². The fraction of sp³-hybridized carbons (Fsp3) is 0. The number of anilines is 3. The summed E-state index contributed by atoms with van der Waals surface area (Å²) in [4.78, 5) is 6.66. The smallest absolute Gasteiger partial charge is 0.138 e. The van der Waals surface area contributed by atoms with Gasteiger partial charge in [-0.05, 0) is 102 Å². The molecule has 0 bridgehead atoms. The highest BCUT2D eigenvalue weighted by atomic mass is 16.3. The fourth-order valence-corrected chi connectivity index (χ4v) is 7.86. The van der Waals surface area contributed by atoms with Gasteiger partial charge in [0.25, 0.3) is 0 Å².